The molecule has 0 unspecified atom stereocenters. The lowest BCUT2D eigenvalue weighted by molar-refractivity contribution is -0.139. The maximum atomic E-state index is 12.1. The average molecular weight is 279 g/mol. The van der Waals surface area contributed by atoms with Crippen molar-refractivity contribution in [3.63, 3.8) is 0 Å². The van der Waals surface area contributed by atoms with E-state index >= 15 is 0 Å². The van der Waals surface area contributed by atoms with Gasteiger partial charge in [-0.2, -0.15) is 0 Å². The highest BCUT2D eigenvalue weighted by Crippen LogP contribution is 2.08. The zero-order chi connectivity index (χ0) is 15.0. The van der Waals surface area contributed by atoms with Crippen molar-refractivity contribution in [2.75, 3.05) is 7.11 Å². The van der Waals surface area contributed by atoms with Crippen LogP contribution in [0.4, 0.5) is 0 Å². The number of hydrogen-bond acceptors (Lipinski definition) is 3. The Bertz CT molecular complexity index is 459. The summed E-state index contributed by atoms with van der Waals surface area (Å²) in [5.41, 5.74) is 1.32. The third kappa shape index (κ3) is 5.01. The molecule has 2 N–H and O–H groups in total. The number of carboxylic acid groups (broad SMARTS) is 1. The first-order valence-electron chi connectivity index (χ1n) is 6.70. The van der Waals surface area contributed by atoms with Gasteiger partial charge in [0.25, 0.3) is 5.91 Å². The van der Waals surface area contributed by atoms with Crippen LogP contribution in [0.25, 0.3) is 0 Å². The fraction of sp³-hybridized carbons (Fsp3) is 0.467. The molecule has 1 aromatic carbocycles. The Hall–Kier alpha value is -1.88. The van der Waals surface area contributed by atoms with Crippen LogP contribution in [0.5, 0.6) is 0 Å². The molecule has 1 atom stereocenters. The number of ether oxygens (including phenoxy) is 1. The lowest BCUT2D eigenvalue weighted by Crippen LogP contribution is -2.40. The molecule has 1 rings (SSSR count). The molecule has 0 aliphatic heterocycles. The van der Waals surface area contributed by atoms with Crippen LogP contribution in [0.15, 0.2) is 24.3 Å². The highest BCUT2D eigenvalue weighted by Gasteiger charge is 2.19. The maximum Gasteiger partial charge on any atom is 0.326 e. The summed E-state index contributed by atoms with van der Waals surface area (Å²) in [6, 6.07) is 6.13. The van der Waals surface area contributed by atoms with Gasteiger partial charge >= 0.3 is 5.97 Å². The van der Waals surface area contributed by atoms with Crippen molar-refractivity contribution >= 4 is 11.9 Å². The lowest BCUT2D eigenvalue weighted by Gasteiger charge is -2.14. The molecule has 5 heteroatoms. The van der Waals surface area contributed by atoms with Gasteiger partial charge in [0, 0.05) is 12.7 Å². The van der Waals surface area contributed by atoms with Gasteiger partial charge in [-0.25, -0.2) is 4.79 Å². The molecular formula is C15H21NO4. The molecule has 20 heavy (non-hydrogen) atoms. The minimum absolute atomic E-state index is 0.369. The van der Waals surface area contributed by atoms with Crippen LogP contribution in [-0.2, 0) is 16.1 Å². The van der Waals surface area contributed by atoms with E-state index in [1.54, 1.807) is 25.3 Å². The first-order chi connectivity index (χ1) is 9.58. The Morgan fingerprint density at radius 3 is 2.75 bits per heavy atom. The first kappa shape index (κ1) is 16.2. The number of unbranched alkanes of at least 4 members (excludes halogenated alkanes) is 1. The largest absolute Gasteiger partial charge is 0.480 e. The van der Waals surface area contributed by atoms with E-state index in [1.165, 1.54) is 0 Å². The van der Waals surface area contributed by atoms with E-state index < -0.39 is 12.0 Å². The van der Waals surface area contributed by atoms with Gasteiger partial charge in [0.15, 0.2) is 0 Å². The fourth-order valence-corrected chi connectivity index (χ4v) is 1.88. The van der Waals surface area contributed by atoms with Gasteiger partial charge in [-0.05, 0) is 24.1 Å². The number of benzene rings is 1. The fourth-order valence-electron chi connectivity index (χ4n) is 1.88. The molecule has 0 heterocycles. The van der Waals surface area contributed by atoms with Crippen LogP contribution < -0.4 is 5.32 Å². The van der Waals surface area contributed by atoms with E-state index in [-0.39, 0.29) is 5.91 Å². The van der Waals surface area contributed by atoms with Crippen molar-refractivity contribution in [2.45, 2.75) is 38.8 Å². The van der Waals surface area contributed by atoms with Crippen molar-refractivity contribution in [1.82, 2.24) is 5.32 Å². The van der Waals surface area contributed by atoms with E-state index in [0.29, 0.717) is 18.6 Å². The maximum absolute atomic E-state index is 12.1. The van der Waals surface area contributed by atoms with E-state index in [9.17, 15) is 9.59 Å². The summed E-state index contributed by atoms with van der Waals surface area (Å²) in [4.78, 5) is 23.2. The van der Waals surface area contributed by atoms with Crippen molar-refractivity contribution in [1.29, 1.82) is 0 Å². The number of rotatable bonds is 8. The van der Waals surface area contributed by atoms with Gasteiger partial charge in [-0.1, -0.05) is 31.9 Å². The predicted molar refractivity (Wildman–Crippen MR) is 75.6 cm³/mol. The third-order valence-corrected chi connectivity index (χ3v) is 2.95. The van der Waals surface area contributed by atoms with Crippen LogP contribution in [-0.4, -0.2) is 30.1 Å². The number of amides is 1. The van der Waals surface area contributed by atoms with Gasteiger partial charge in [-0.3, -0.25) is 4.79 Å². The van der Waals surface area contributed by atoms with Gasteiger partial charge in [-0.15, -0.1) is 0 Å². The lowest BCUT2D eigenvalue weighted by atomic mass is 10.1. The minimum Gasteiger partial charge on any atom is -0.480 e. The normalized spacial score (nSPS) is 11.9. The molecular weight excluding hydrogens is 258 g/mol. The minimum atomic E-state index is -1.00. The number of aliphatic carboxylic acids is 1. The molecule has 0 saturated heterocycles. The van der Waals surface area contributed by atoms with Crippen molar-refractivity contribution in [2.24, 2.45) is 0 Å². The molecule has 0 fully saturated rings. The number of carbonyl (C=O) groups is 2. The summed E-state index contributed by atoms with van der Waals surface area (Å²) < 4.78 is 5.01. The molecule has 0 spiro atoms. The Morgan fingerprint density at radius 2 is 2.15 bits per heavy atom. The van der Waals surface area contributed by atoms with E-state index in [4.69, 9.17) is 9.84 Å². The molecule has 0 saturated carbocycles. The number of methoxy groups -OCH3 is 1. The molecule has 5 nitrogen and oxygen atoms in total. The van der Waals surface area contributed by atoms with E-state index in [1.807, 2.05) is 13.0 Å². The Balaban J connectivity index is 2.72. The summed E-state index contributed by atoms with van der Waals surface area (Å²) in [6.45, 7) is 2.40. The van der Waals surface area contributed by atoms with Crippen molar-refractivity contribution < 1.29 is 19.4 Å². The summed E-state index contributed by atoms with van der Waals surface area (Å²) in [6.07, 6.45) is 2.10. The molecule has 0 aliphatic rings. The molecule has 110 valence electrons. The van der Waals surface area contributed by atoms with E-state index in [0.717, 1.165) is 18.4 Å². The summed E-state index contributed by atoms with van der Waals surface area (Å²) >= 11 is 0. The highest BCUT2D eigenvalue weighted by atomic mass is 16.5. The molecule has 0 aliphatic carbocycles. The first-order valence-corrected chi connectivity index (χ1v) is 6.70. The van der Waals surface area contributed by atoms with Crippen molar-refractivity contribution in [3.8, 4) is 0 Å². The highest BCUT2D eigenvalue weighted by molar-refractivity contribution is 5.96. The van der Waals surface area contributed by atoms with Crippen LogP contribution in [0.2, 0.25) is 0 Å². The van der Waals surface area contributed by atoms with Gasteiger partial charge in [0.1, 0.15) is 6.04 Å². The molecule has 0 bridgehead atoms. The zero-order valence-electron chi connectivity index (χ0n) is 11.9. The molecule has 0 radical (unpaired) electrons. The smallest absolute Gasteiger partial charge is 0.326 e. The number of nitrogens with one attached hydrogen (secondary N) is 1. The topological polar surface area (TPSA) is 75.6 Å². The molecule has 0 aromatic heterocycles. The van der Waals surface area contributed by atoms with E-state index in [2.05, 4.69) is 5.32 Å². The SMILES string of the molecule is CCCC[C@H](NC(=O)c1cccc(COC)c1)C(=O)O. The zero-order valence-corrected chi connectivity index (χ0v) is 11.9. The van der Waals surface area contributed by atoms with Crippen LogP contribution in [0, 0.1) is 0 Å². The Labute approximate surface area is 118 Å². The van der Waals surface area contributed by atoms with Crippen LogP contribution in [0.1, 0.15) is 42.1 Å². The molecule has 1 amide bonds. The predicted octanol–water partition coefficient (Wildman–Crippen LogP) is 2.21. The second kappa shape index (κ2) is 8.32. The number of hydrogen-bond donors (Lipinski definition) is 2. The quantitative estimate of drug-likeness (QED) is 0.765. The van der Waals surface area contributed by atoms with Gasteiger partial charge < -0.3 is 15.2 Å². The molecule has 1 aromatic rings. The van der Waals surface area contributed by atoms with Gasteiger partial charge in [0.2, 0.25) is 0 Å². The Morgan fingerprint density at radius 1 is 1.40 bits per heavy atom. The van der Waals surface area contributed by atoms with Gasteiger partial charge in [0.05, 0.1) is 6.61 Å². The summed E-state index contributed by atoms with van der Waals surface area (Å²) in [7, 11) is 1.58. The standard InChI is InChI=1S/C15H21NO4/c1-3-4-8-13(15(18)19)16-14(17)12-7-5-6-11(9-12)10-20-2/h5-7,9,13H,3-4,8,10H2,1-2H3,(H,16,17)(H,18,19)/t13-/m0/s1. The monoisotopic (exact) mass is 279 g/mol. The van der Waals surface area contributed by atoms with Crippen molar-refractivity contribution in [3.05, 3.63) is 35.4 Å². The number of carbonyl (C=O) groups excluding carboxylic acids is 1. The van der Waals surface area contributed by atoms with Crippen LogP contribution in [0.3, 0.4) is 0 Å². The second-order valence-corrected chi connectivity index (χ2v) is 4.64. The Kier molecular flexibility index (Phi) is 6.73. The third-order valence-electron chi connectivity index (χ3n) is 2.95. The average Bonchev–Trinajstić information content (AvgIpc) is 2.43. The number of carboxylic acids is 1. The second-order valence-electron chi connectivity index (χ2n) is 4.64. The summed E-state index contributed by atoms with van der Waals surface area (Å²) in [5, 5.41) is 11.7. The van der Waals surface area contributed by atoms with Crippen LogP contribution >= 0.6 is 0 Å². The summed E-state index contributed by atoms with van der Waals surface area (Å²) in [5.74, 6) is -1.37.